The Morgan fingerprint density at radius 1 is 0.920 bits per heavy atom. The largest absolute Gasteiger partial charge is 0.378 e. The average Bonchev–Trinajstić information content (AvgIpc) is 2.55. The van der Waals surface area contributed by atoms with E-state index in [4.69, 9.17) is 0 Å². The Hall–Kier alpha value is -1.85. The third-order valence-corrected chi connectivity index (χ3v) is 6.07. The Labute approximate surface area is 151 Å². The van der Waals surface area contributed by atoms with Crippen molar-refractivity contribution in [2.75, 3.05) is 25.5 Å². The molecule has 25 heavy (non-hydrogen) atoms. The molecule has 0 saturated heterocycles. The number of hydrogen-bond donors (Lipinski definition) is 1. The van der Waals surface area contributed by atoms with Gasteiger partial charge < -0.3 is 4.90 Å². The van der Waals surface area contributed by atoms with Gasteiger partial charge in [0.1, 0.15) is 0 Å². The minimum atomic E-state index is -3.46. The SMILES string of the molecule is Cc1cc(C)c(S(=O)(=O)NCCCc2ccc(N(C)C)cc2)cc1C. The second kappa shape index (κ2) is 8.02. The third-order valence-electron chi connectivity index (χ3n) is 4.47. The second-order valence-corrected chi connectivity index (χ2v) is 8.50. The molecule has 2 aromatic rings. The summed E-state index contributed by atoms with van der Waals surface area (Å²) >= 11 is 0. The van der Waals surface area contributed by atoms with Gasteiger partial charge in [0.2, 0.25) is 10.0 Å². The van der Waals surface area contributed by atoms with Crippen LogP contribution < -0.4 is 9.62 Å². The summed E-state index contributed by atoms with van der Waals surface area (Å²) in [6, 6.07) is 12.0. The highest BCUT2D eigenvalue weighted by Crippen LogP contribution is 2.20. The van der Waals surface area contributed by atoms with E-state index in [0.29, 0.717) is 11.4 Å². The first-order chi connectivity index (χ1) is 11.7. The van der Waals surface area contributed by atoms with Crippen molar-refractivity contribution in [3.05, 3.63) is 58.7 Å². The number of anilines is 1. The summed E-state index contributed by atoms with van der Waals surface area (Å²) in [6.45, 7) is 6.20. The lowest BCUT2D eigenvalue weighted by molar-refractivity contribution is 0.578. The number of benzene rings is 2. The van der Waals surface area contributed by atoms with Crippen LogP contribution in [-0.4, -0.2) is 29.1 Å². The van der Waals surface area contributed by atoms with Crippen LogP contribution in [0, 0.1) is 20.8 Å². The Morgan fingerprint density at radius 2 is 1.52 bits per heavy atom. The monoisotopic (exact) mass is 360 g/mol. The molecule has 0 heterocycles. The van der Waals surface area contributed by atoms with E-state index < -0.39 is 10.0 Å². The molecule has 0 radical (unpaired) electrons. The maximum Gasteiger partial charge on any atom is 0.240 e. The second-order valence-electron chi connectivity index (χ2n) is 6.76. The molecule has 0 unspecified atom stereocenters. The van der Waals surface area contributed by atoms with Crippen LogP contribution in [0.3, 0.4) is 0 Å². The Morgan fingerprint density at radius 3 is 2.12 bits per heavy atom. The third kappa shape index (κ3) is 5.06. The Kier molecular flexibility index (Phi) is 6.25. The highest BCUT2D eigenvalue weighted by Gasteiger charge is 2.17. The molecule has 4 nitrogen and oxygen atoms in total. The number of nitrogens with zero attached hydrogens (tertiary/aromatic N) is 1. The highest BCUT2D eigenvalue weighted by molar-refractivity contribution is 7.89. The lowest BCUT2D eigenvalue weighted by Crippen LogP contribution is -2.26. The van der Waals surface area contributed by atoms with E-state index in [1.54, 1.807) is 6.07 Å². The van der Waals surface area contributed by atoms with Gasteiger partial charge in [-0.05, 0) is 74.1 Å². The predicted molar refractivity (Wildman–Crippen MR) is 105 cm³/mol. The number of sulfonamides is 1. The Bertz CT molecular complexity index is 826. The van der Waals surface area contributed by atoms with Crippen molar-refractivity contribution in [3.8, 4) is 0 Å². The molecule has 0 saturated carbocycles. The van der Waals surface area contributed by atoms with E-state index in [1.807, 2.05) is 40.9 Å². The van der Waals surface area contributed by atoms with E-state index in [9.17, 15) is 8.42 Å². The van der Waals surface area contributed by atoms with Crippen LogP contribution in [0.5, 0.6) is 0 Å². The molecule has 0 bridgehead atoms. The van der Waals surface area contributed by atoms with Crippen molar-refractivity contribution in [2.45, 2.75) is 38.5 Å². The van der Waals surface area contributed by atoms with Crippen LogP contribution in [0.15, 0.2) is 41.3 Å². The summed E-state index contributed by atoms with van der Waals surface area (Å²) < 4.78 is 27.8. The molecule has 0 aliphatic carbocycles. The van der Waals surface area contributed by atoms with Crippen molar-refractivity contribution >= 4 is 15.7 Å². The topological polar surface area (TPSA) is 49.4 Å². The van der Waals surface area contributed by atoms with E-state index >= 15 is 0 Å². The molecule has 0 aromatic heterocycles. The summed E-state index contributed by atoms with van der Waals surface area (Å²) in [5.41, 5.74) is 5.27. The summed E-state index contributed by atoms with van der Waals surface area (Å²) in [5.74, 6) is 0. The molecule has 0 amide bonds. The van der Waals surface area contributed by atoms with Gasteiger partial charge in [0, 0.05) is 26.3 Å². The molecule has 0 spiro atoms. The molecule has 0 fully saturated rings. The van der Waals surface area contributed by atoms with Crippen molar-refractivity contribution in [2.24, 2.45) is 0 Å². The fourth-order valence-electron chi connectivity index (χ4n) is 2.76. The number of aryl methyl sites for hydroxylation is 4. The summed E-state index contributed by atoms with van der Waals surface area (Å²) in [5, 5.41) is 0. The van der Waals surface area contributed by atoms with Crippen LogP contribution in [0.25, 0.3) is 0 Å². The minimum Gasteiger partial charge on any atom is -0.378 e. The lowest BCUT2D eigenvalue weighted by Gasteiger charge is -2.13. The summed E-state index contributed by atoms with van der Waals surface area (Å²) in [6.07, 6.45) is 1.62. The van der Waals surface area contributed by atoms with Crippen LogP contribution in [-0.2, 0) is 16.4 Å². The van der Waals surface area contributed by atoms with Gasteiger partial charge in [-0.25, -0.2) is 13.1 Å². The van der Waals surface area contributed by atoms with Crippen molar-refractivity contribution in [3.63, 3.8) is 0 Å². The van der Waals surface area contributed by atoms with Crippen molar-refractivity contribution in [1.82, 2.24) is 4.72 Å². The zero-order chi connectivity index (χ0) is 18.6. The van der Waals surface area contributed by atoms with Gasteiger partial charge in [0.15, 0.2) is 0 Å². The molecule has 1 N–H and O–H groups in total. The average molecular weight is 361 g/mol. The van der Waals surface area contributed by atoms with Gasteiger partial charge >= 0.3 is 0 Å². The van der Waals surface area contributed by atoms with Gasteiger partial charge in [-0.2, -0.15) is 0 Å². The molecule has 0 aliphatic heterocycles. The molecular formula is C20H28N2O2S. The van der Waals surface area contributed by atoms with E-state index in [-0.39, 0.29) is 0 Å². The van der Waals surface area contributed by atoms with E-state index in [0.717, 1.165) is 35.2 Å². The predicted octanol–water partition coefficient (Wildman–Crippen LogP) is 3.59. The summed E-state index contributed by atoms with van der Waals surface area (Å²) in [4.78, 5) is 2.44. The smallest absolute Gasteiger partial charge is 0.240 e. The van der Waals surface area contributed by atoms with Gasteiger partial charge in [-0.3, -0.25) is 0 Å². The summed E-state index contributed by atoms with van der Waals surface area (Å²) in [7, 11) is 0.566. The molecule has 0 aliphatic rings. The maximum absolute atomic E-state index is 12.5. The van der Waals surface area contributed by atoms with Gasteiger partial charge in [0.25, 0.3) is 0 Å². The van der Waals surface area contributed by atoms with Crippen LogP contribution in [0.2, 0.25) is 0 Å². The zero-order valence-electron chi connectivity index (χ0n) is 15.8. The first-order valence-electron chi connectivity index (χ1n) is 8.54. The van der Waals surface area contributed by atoms with Crippen molar-refractivity contribution in [1.29, 1.82) is 0 Å². The van der Waals surface area contributed by atoms with Gasteiger partial charge in [-0.15, -0.1) is 0 Å². The minimum absolute atomic E-state index is 0.380. The molecule has 2 rings (SSSR count). The van der Waals surface area contributed by atoms with Gasteiger partial charge in [0.05, 0.1) is 4.90 Å². The fraction of sp³-hybridized carbons (Fsp3) is 0.400. The maximum atomic E-state index is 12.5. The highest BCUT2D eigenvalue weighted by atomic mass is 32.2. The van der Waals surface area contributed by atoms with E-state index in [2.05, 4.69) is 33.9 Å². The quantitative estimate of drug-likeness (QED) is 0.768. The zero-order valence-corrected chi connectivity index (χ0v) is 16.6. The number of rotatable bonds is 7. The molecule has 5 heteroatoms. The number of nitrogens with one attached hydrogen (secondary N) is 1. The number of hydrogen-bond acceptors (Lipinski definition) is 3. The lowest BCUT2D eigenvalue weighted by atomic mass is 10.1. The normalized spacial score (nSPS) is 11.6. The van der Waals surface area contributed by atoms with Crippen LogP contribution in [0.1, 0.15) is 28.7 Å². The standard InChI is InChI=1S/C20H28N2O2S/c1-15-13-17(3)20(14-16(15)2)25(23,24)21-12-6-7-18-8-10-19(11-9-18)22(4)5/h8-11,13-14,21H,6-7,12H2,1-5H3. The van der Waals surface area contributed by atoms with E-state index in [1.165, 1.54) is 5.56 Å². The Balaban J connectivity index is 1.93. The molecule has 2 aromatic carbocycles. The first-order valence-corrected chi connectivity index (χ1v) is 10.0. The molecule has 136 valence electrons. The van der Waals surface area contributed by atoms with Crippen LogP contribution >= 0.6 is 0 Å². The van der Waals surface area contributed by atoms with Gasteiger partial charge in [-0.1, -0.05) is 18.2 Å². The molecule has 0 atom stereocenters. The van der Waals surface area contributed by atoms with Crippen LogP contribution in [0.4, 0.5) is 5.69 Å². The van der Waals surface area contributed by atoms with Crippen molar-refractivity contribution < 1.29 is 8.42 Å². The molecular weight excluding hydrogens is 332 g/mol. The fourth-order valence-corrected chi connectivity index (χ4v) is 4.14. The first kappa shape index (κ1) is 19.5.